The maximum Gasteiger partial charge on any atom is 0.133 e. The molecule has 0 saturated heterocycles. The Labute approximate surface area is 139 Å². The minimum absolute atomic E-state index is 0.677. The Morgan fingerprint density at radius 1 is 1.04 bits per heavy atom. The van der Waals surface area contributed by atoms with Crippen molar-refractivity contribution in [1.29, 1.82) is 0 Å². The molecule has 3 nitrogen and oxygen atoms in total. The molecule has 2 aromatic rings. The predicted octanol–water partition coefficient (Wildman–Crippen LogP) is 4.89. The second-order valence-electron chi connectivity index (χ2n) is 7.26. The zero-order valence-corrected chi connectivity index (χ0v) is 14.4. The van der Waals surface area contributed by atoms with Crippen LogP contribution >= 0.6 is 0 Å². The van der Waals surface area contributed by atoms with Gasteiger partial charge in [0.1, 0.15) is 5.82 Å². The van der Waals surface area contributed by atoms with Gasteiger partial charge in [-0.2, -0.15) is 5.10 Å². The Balaban J connectivity index is 1.83. The fourth-order valence-corrected chi connectivity index (χ4v) is 4.10. The molecule has 0 unspecified atom stereocenters. The van der Waals surface area contributed by atoms with Crippen molar-refractivity contribution in [3.63, 3.8) is 0 Å². The number of anilines is 1. The molecule has 1 aromatic carbocycles. The largest absolute Gasteiger partial charge is 0.370 e. The van der Waals surface area contributed by atoms with Gasteiger partial charge in [-0.05, 0) is 69.2 Å². The van der Waals surface area contributed by atoms with Crippen LogP contribution in [0.3, 0.4) is 0 Å². The molecule has 1 aliphatic heterocycles. The minimum Gasteiger partial charge on any atom is -0.370 e. The monoisotopic (exact) mass is 309 g/mol. The summed E-state index contributed by atoms with van der Waals surface area (Å²) in [6.45, 7) is 5.42. The van der Waals surface area contributed by atoms with Crippen LogP contribution in [0.4, 0.5) is 5.82 Å². The van der Waals surface area contributed by atoms with E-state index in [2.05, 4.69) is 42.0 Å². The molecule has 2 heterocycles. The first-order chi connectivity index (χ1) is 11.2. The molecule has 122 valence electrons. The van der Waals surface area contributed by atoms with Crippen LogP contribution in [0.5, 0.6) is 0 Å². The van der Waals surface area contributed by atoms with Crippen LogP contribution in [0.15, 0.2) is 18.2 Å². The summed E-state index contributed by atoms with van der Waals surface area (Å²) in [5.41, 5.74) is 6.75. The molecule has 1 saturated carbocycles. The summed E-state index contributed by atoms with van der Waals surface area (Å²) in [6.07, 6.45) is 9.07. The first kappa shape index (κ1) is 14.8. The molecule has 23 heavy (non-hydrogen) atoms. The van der Waals surface area contributed by atoms with Gasteiger partial charge in [-0.1, -0.05) is 18.9 Å². The molecular formula is C20H27N3. The molecular weight excluding hydrogens is 282 g/mol. The van der Waals surface area contributed by atoms with E-state index in [9.17, 15) is 0 Å². The summed E-state index contributed by atoms with van der Waals surface area (Å²) in [7, 11) is 0. The number of rotatable bonds is 2. The van der Waals surface area contributed by atoms with Gasteiger partial charge in [0.15, 0.2) is 0 Å². The Morgan fingerprint density at radius 3 is 2.65 bits per heavy atom. The lowest BCUT2D eigenvalue weighted by Gasteiger charge is -2.11. The van der Waals surface area contributed by atoms with Gasteiger partial charge < -0.3 is 5.32 Å². The van der Waals surface area contributed by atoms with Crippen LogP contribution < -0.4 is 5.32 Å². The van der Waals surface area contributed by atoms with E-state index < -0.39 is 0 Å². The fourth-order valence-electron chi connectivity index (χ4n) is 4.10. The van der Waals surface area contributed by atoms with Crippen molar-refractivity contribution >= 4 is 5.82 Å². The predicted molar refractivity (Wildman–Crippen MR) is 95.7 cm³/mol. The summed E-state index contributed by atoms with van der Waals surface area (Å²) in [5, 5.41) is 8.78. The number of nitrogens with zero attached hydrogens (tertiary/aromatic N) is 2. The van der Waals surface area contributed by atoms with Crippen LogP contribution in [-0.2, 0) is 6.42 Å². The van der Waals surface area contributed by atoms with Crippen LogP contribution in [0.2, 0.25) is 0 Å². The maximum absolute atomic E-state index is 5.11. The first-order valence-corrected chi connectivity index (χ1v) is 9.17. The van der Waals surface area contributed by atoms with Crippen molar-refractivity contribution in [2.45, 2.75) is 64.7 Å². The van der Waals surface area contributed by atoms with Gasteiger partial charge in [-0.25, -0.2) is 4.68 Å². The lowest BCUT2D eigenvalue weighted by atomic mass is 9.97. The number of aromatic nitrogens is 2. The van der Waals surface area contributed by atoms with Gasteiger partial charge in [0.05, 0.1) is 11.4 Å². The maximum atomic E-state index is 5.11. The van der Waals surface area contributed by atoms with Gasteiger partial charge in [0, 0.05) is 18.0 Å². The van der Waals surface area contributed by atoms with E-state index in [1.165, 1.54) is 78.8 Å². The van der Waals surface area contributed by atoms with E-state index in [1.807, 2.05) is 0 Å². The third kappa shape index (κ3) is 2.66. The van der Waals surface area contributed by atoms with Crippen LogP contribution in [0.1, 0.15) is 66.8 Å². The van der Waals surface area contributed by atoms with E-state index >= 15 is 0 Å². The van der Waals surface area contributed by atoms with Gasteiger partial charge in [-0.3, -0.25) is 0 Å². The van der Waals surface area contributed by atoms with Crippen molar-refractivity contribution in [3.05, 3.63) is 40.6 Å². The van der Waals surface area contributed by atoms with Crippen molar-refractivity contribution in [2.75, 3.05) is 11.9 Å². The van der Waals surface area contributed by atoms with Crippen LogP contribution in [0, 0.1) is 13.8 Å². The smallest absolute Gasteiger partial charge is 0.133 e. The summed E-state index contributed by atoms with van der Waals surface area (Å²) in [4.78, 5) is 0. The van der Waals surface area contributed by atoms with Gasteiger partial charge in [0.25, 0.3) is 0 Å². The van der Waals surface area contributed by atoms with Crippen LogP contribution in [-0.4, -0.2) is 16.3 Å². The molecule has 0 bridgehead atoms. The van der Waals surface area contributed by atoms with Crippen LogP contribution in [0.25, 0.3) is 5.69 Å². The quantitative estimate of drug-likeness (QED) is 0.855. The molecule has 0 spiro atoms. The number of fused-ring (bicyclic) bond motifs is 1. The molecule has 1 aliphatic carbocycles. The zero-order valence-electron chi connectivity index (χ0n) is 14.4. The zero-order chi connectivity index (χ0) is 15.8. The highest BCUT2D eigenvalue weighted by molar-refractivity contribution is 5.56. The normalized spacial score (nSPS) is 18.5. The topological polar surface area (TPSA) is 29.9 Å². The lowest BCUT2D eigenvalue weighted by molar-refractivity contribution is 0.663. The standard InChI is InChI=1S/C20H27N3/c1-14-10-11-17(13-15(14)2)23-20-18(9-5-6-12-21-20)19(22-23)16-7-3-4-8-16/h10-11,13,16,21H,3-9,12H2,1-2H3. The van der Waals surface area contributed by atoms with E-state index in [-0.39, 0.29) is 0 Å². The summed E-state index contributed by atoms with van der Waals surface area (Å²) in [6, 6.07) is 6.69. The fraction of sp³-hybridized carbons (Fsp3) is 0.550. The number of benzene rings is 1. The molecule has 1 N–H and O–H groups in total. The number of hydrogen-bond donors (Lipinski definition) is 1. The second-order valence-corrected chi connectivity index (χ2v) is 7.26. The van der Waals surface area contributed by atoms with Gasteiger partial charge >= 0.3 is 0 Å². The molecule has 0 amide bonds. The van der Waals surface area contributed by atoms with E-state index in [1.54, 1.807) is 0 Å². The highest BCUT2D eigenvalue weighted by Crippen LogP contribution is 2.39. The summed E-state index contributed by atoms with van der Waals surface area (Å²) >= 11 is 0. The summed E-state index contributed by atoms with van der Waals surface area (Å²) < 4.78 is 2.18. The molecule has 1 aromatic heterocycles. The van der Waals surface area contributed by atoms with Crippen molar-refractivity contribution in [3.8, 4) is 5.69 Å². The average molecular weight is 309 g/mol. The molecule has 2 aliphatic rings. The van der Waals surface area contributed by atoms with Gasteiger partial charge in [0.2, 0.25) is 0 Å². The Morgan fingerprint density at radius 2 is 1.87 bits per heavy atom. The molecule has 4 rings (SSSR count). The molecule has 0 atom stereocenters. The minimum atomic E-state index is 0.677. The van der Waals surface area contributed by atoms with Crippen molar-refractivity contribution in [1.82, 2.24) is 9.78 Å². The van der Waals surface area contributed by atoms with E-state index in [0.29, 0.717) is 5.92 Å². The number of nitrogens with one attached hydrogen (secondary N) is 1. The summed E-state index contributed by atoms with van der Waals surface area (Å²) in [5.74, 6) is 1.93. The highest BCUT2D eigenvalue weighted by atomic mass is 15.3. The Kier molecular flexibility index (Phi) is 3.88. The molecule has 3 heteroatoms. The second kappa shape index (κ2) is 6.03. The average Bonchev–Trinajstić information content (AvgIpc) is 3.12. The van der Waals surface area contributed by atoms with Crippen molar-refractivity contribution in [2.24, 2.45) is 0 Å². The van der Waals surface area contributed by atoms with E-state index in [0.717, 1.165) is 6.54 Å². The third-order valence-corrected chi connectivity index (χ3v) is 5.64. The highest BCUT2D eigenvalue weighted by Gasteiger charge is 2.27. The molecule has 0 radical (unpaired) electrons. The third-order valence-electron chi connectivity index (χ3n) is 5.64. The number of aryl methyl sites for hydroxylation is 2. The molecule has 1 fully saturated rings. The van der Waals surface area contributed by atoms with E-state index in [4.69, 9.17) is 5.10 Å². The first-order valence-electron chi connectivity index (χ1n) is 9.17. The Bertz CT molecular complexity index is 708. The van der Waals surface area contributed by atoms with Crippen molar-refractivity contribution < 1.29 is 0 Å². The Hall–Kier alpha value is -1.77. The SMILES string of the molecule is Cc1ccc(-n2nc(C3CCCC3)c3c2NCCCC3)cc1C. The van der Waals surface area contributed by atoms with Gasteiger partial charge in [-0.15, -0.1) is 0 Å². The number of hydrogen-bond acceptors (Lipinski definition) is 2. The lowest BCUT2D eigenvalue weighted by Crippen LogP contribution is -2.07.